The number of rotatable bonds is 6. The van der Waals surface area contributed by atoms with Crippen LogP contribution in [-0.4, -0.2) is 26.8 Å². The van der Waals surface area contributed by atoms with Gasteiger partial charge in [-0.2, -0.15) is 5.10 Å². The number of halogens is 1. The third-order valence-electron chi connectivity index (χ3n) is 3.36. The highest BCUT2D eigenvalue weighted by Crippen LogP contribution is 2.25. The molecule has 0 unspecified atom stereocenters. The van der Waals surface area contributed by atoms with Crippen molar-refractivity contribution in [1.82, 2.24) is 15.1 Å². The molecule has 0 fully saturated rings. The van der Waals surface area contributed by atoms with E-state index in [1.807, 2.05) is 0 Å². The standard InChI is InChI=1S/C16H16ClN3O4/c1-2-20-14(21)8-7-12(19-20)16(24)18-13(9-15(22)23)10-5-3-4-6-11(10)17/h3-8,13H,2,9H2,1H3,(H,18,24)(H,22,23)/t13-/m0/s1. The Kier molecular flexibility index (Phi) is 5.70. The van der Waals surface area contributed by atoms with E-state index in [2.05, 4.69) is 10.4 Å². The maximum Gasteiger partial charge on any atom is 0.305 e. The molecule has 1 atom stereocenters. The summed E-state index contributed by atoms with van der Waals surface area (Å²) in [6.45, 7) is 2.05. The third-order valence-corrected chi connectivity index (χ3v) is 3.71. The molecule has 2 rings (SSSR count). The molecule has 0 bridgehead atoms. The number of amides is 1. The minimum atomic E-state index is -1.08. The first kappa shape index (κ1) is 17.7. The van der Waals surface area contributed by atoms with Crippen LogP contribution in [-0.2, 0) is 11.3 Å². The molecule has 0 radical (unpaired) electrons. The number of carboxylic acid groups (broad SMARTS) is 1. The van der Waals surface area contributed by atoms with E-state index in [4.69, 9.17) is 16.7 Å². The zero-order valence-electron chi connectivity index (χ0n) is 12.9. The number of nitrogens with one attached hydrogen (secondary N) is 1. The fraction of sp³-hybridized carbons (Fsp3) is 0.250. The highest BCUT2D eigenvalue weighted by Gasteiger charge is 2.21. The van der Waals surface area contributed by atoms with Gasteiger partial charge >= 0.3 is 5.97 Å². The Labute approximate surface area is 142 Å². The summed E-state index contributed by atoms with van der Waals surface area (Å²) in [7, 11) is 0. The number of nitrogens with zero attached hydrogens (tertiary/aromatic N) is 2. The lowest BCUT2D eigenvalue weighted by Crippen LogP contribution is -2.33. The minimum absolute atomic E-state index is 0.0268. The molecule has 0 aliphatic carbocycles. The first-order valence-electron chi connectivity index (χ1n) is 7.27. The molecule has 0 saturated carbocycles. The molecule has 2 aromatic rings. The summed E-state index contributed by atoms with van der Waals surface area (Å²) in [6, 6.07) is 8.42. The fourth-order valence-electron chi connectivity index (χ4n) is 2.20. The Balaban J connectivity index is 2.29. The van der Waals surface area contributed by atoms with E-state index in [0.717, 1.165) is 4.68 Å². The number of aliphatic carboxylic acids is 1. The van der Waals surface area contributed by atoms with Gasteiger partial charge in [0.2, 0.25) is 0 Å². The summed E-state index contributed by atoms with van der Waals surface area (Å²) in [5.41, 5.74) is 0.208. The van der Waals surface area contributed by atoms with Gasteiger partial charge in [-0.1, -0.05) is 29.8 Å². The predicted molar refractivity (Wildman–Crippen MR) is 88.1 cm³/mol. The Morgan fingerprint density at radius 2 is 2.00 bits per heavy atom. The molecule has 8 heteroatoms. The lowest BCUT2D eigenvalue weighted by atomic mass is 10.0. The molecule has 7 nitrogen and oxygen atoms in total. The zero-order chi connectivity index (χ0) is 17.7. The van der Waals surface area contributed by atoms with Crippen LogP contribution in [0.25, 0.3) is 0 Å². The van der Waals surface area contributed by atoms with Crippen LogP contribution in [0.4, 0.5) is 0 Å². The van der Waals surface area contributed by atoms with Crippen LogP contribution in [0.15, 0.2) is 41.2 Å². The van der Waals surface area contributed by atoms with Crippen molar-refractivity contribution in [3.63, 3.8) is 0 Å². The second-order valence-corrected chi connectivity index (χ2v) is 5.43. The van der Waals surface area contributed by atoms with Crippen molar-refractivity contribution in [3.05, 3.63) is 63.0 Å². The molecule has 1 aromatic carbocycles. The fourth-order valence-corrected chi connectivity index (χ4v) is 2.47. The molecule has 0 saturated heterocycles. The molecule has 24 heavy (non-hydrogen) atoms. The van der Waals surface area contributed by atoms with Crippen LogP contribution >= 0.6 is 11.6 Å². The summed E-state index contributed by atoms with van der Waals surface area (Å²) < 4.78 is 1.15. The molecule has 1 amide bonds. The number of hydrogen-bond acceptors (Lipinski definition) is 4. The second-order valence-electron chi connectivity index (χ2n) is 5.02. The molecule has 0 spiro atoms. The number of carbonyl (C=O) groups excluding carboxylic acids is 1. The van der Waals surface area contributed by atoms with Crippen molar-refractivity contribution >= 4 is 23.5 Å². The van der Waals surface area contributed by atoms with E-state index in [0.29, 0.717) is 17.1 Å². The van der Waals surface area contributed by atoms with Crippen molar-refractivity contribution in [3.8, 4) is 0 Å². The van der Waals surface area contributed by atoms with Gasteiger partial charge in [-0.05, 0) is 24.6 Å². The van der Waals surface area contributed by atoms with Crippen LogP contribution in [0.2, 0.25) is 5.02 Å². The molecule has 1 aromatic heterocycles. The van der Waals surface area contributed by atoms with Gasteiger partial charge in [0.1, 0.15) is 5.69 Å². The van der Waals surface area contributed by atoms with E-state index in [1.165, 1.54) is 12.1 Å². The van der Waals surface area contributed by atoms with E-state index in [-0.39, 0.29) is 17.7 Å². The van der Waals surface area contributed by atoms with Crippen LogP contribution in [0, 0.1) is 0 Å². The van der Waals surface area contributed by atoms with Gasteiger partial charge in [-0.25, -0.2) is 4.68 Å². The Bertz CT molecular complexity index is 819. The number of carboxylic acids is 1. The van der Waals surface area contributed by atoms with Crippen LogP contribution in [0.5, 0.6) is 0 Å². The monoisotopic (exact) mass is 349 g/mol. The maximum absolute atomic E-state index is 12.4. The third kappa shape index (κ3) is 4.20. The molecule has 0 aliphatic heterocycles. The van der Waals surface area contributed by atoms with Crippen LogP contribution in [0.3, 0.4) is 0 Å². The van der Waals surface area contributed by atoms with Gasteiger partial charge in [0.15, 0.2) is 0 Å². The molecular formula is C16H16ClN3O4. The summed E-state index contributed by atoms with van der Waals surface area (Å²) in [5, 5.41) is 16.0. The number of aromatic nitrogens is 2. The van der Waals surface area contributed by atoms with E-state index in [9.17, 15) is 14.4 Å². The van der Waals surface area contributed by atoms with Crippen LogP contribution < -0.4 is 10.9 Å². The van der Waals surface area contributed by atoms with Gasteiger partial charge in [0.25, 0.3) is 11.5 Å². The zero-order valence-corrected chi connectivity index (χ0v) is 13.7. The van der Waals surface area contributed by atoms with Gasteiger partial charge in [-0.3, -0.25) is 14.4 Å². The van der Waals surface area contributed by atoms with Gasteiger partial charge in [0.05, 0.1) is 12.5 Å². The number of carbonyl (C=O) groups is 2. The van der Waals surface area contributed by atoms with Crippen molar-refractivity contribution in [2.24, 2.45) is 0 Å². The second kappa shape index (κ2) is 7.74. The number of hydrogen-bond donors (Lipinski definition) is 2. The molecule has 1 heterocycles. The summed E-state index contributed by atoms with van der Waals surface area (Å²) in [6.07, 6.45) is -0.330. The Morgan fingerprint density at radius 1 is 1.29 bits per heavy atom. The minimum Gasteiger partial charge on any atom is -0.481 e. The van der Waals surface area contributed by atoms with Crippen molar-refractivity contribution in [2.75, 3.05) is 0 Å². The van der Waals surface area contributed by atoms with E-state index < -0.39 is 17.9 Å². The van der Waals surface area contributed by atoms with Crippen LogP contribution in [0.1, 0.15) is 35.4 Å². The van der Waals surface area contributed by atoms with Crippen molar-refractivity contribution in [1.29, 1.82) is 0 Å². The quantitative estimate of drug-likeness (QED) is 0.828. The highest BCUT2D eigenvalue weighted by atomic mass is 35.5. The van der Waals surface area contributed by atoms with E-state index >= 15 is 0 Å². The largest absolute Gasteiger partial charge is 0.481 e. The average Bonchev–Trinajstić information content (AvgIpc) is 2.54. The molecular weight excluding hydrogens is 334 g/mol. The topological polar surface area (TPSA) is 101 Å². The Hall–Kier alpha value is -2.67. The summed E-state index contributed by atoms with van der Waals surface area (Å²) in [5.74, 6) is -1.66. The highest BCUT2D eigenvalue weighted by molar-refractivity contribution is 6.31. The summed E-state index contributed by atoms with van der Waals surface area (Å²) in [4.78, 5) is 35.0. The smallest absolute Gasteiger partial charge is 0.305 e. The molecule has 2 N–H and O–H groups in total. The average molecular weight is 350 g/mol. The maximum atomic E-state index is 12.4. The summed E-state index contributed by atoms with van der Waals surface area (Å²) >= 11 is 6.10. The van der Waals surface area contributed by atoms with Crippen molar-refractivity contribution in [2.45, 2.75) is 25.9 Å². The first-order valence-corrected chi connectivity index (χ1v) is 7.65. The predicted octanol–water partition coefficient (Wildman–Crippen LogP) is 1.86. The van der Waals surface area contributed by atoms with Crippen molar-refractivity contribution < 1.29 is 14.7 Å². The Morgan fingerprint density at radius 3 is 2.62 bits per heavy atom. The lowest BCUT2D eigenvalue weighted by Gasteiger charge is -2.18. The molecule has 126 valence electrons. The van der Waals surface area contributed by atoms with Gasteiger partial charge < -0.3 is 10.4 Å². The number of aryl methyl sites for hydroxylation is 1. The lowest BCUT2D eigenvalue weighted by molar-refractivity contribution is -0.137. The van der Waals surface area contributed by atoms with E-state index in [1.54, 1.807) is 31.2 Å². The molecule has 0 aliphatic rings. The SMILES string of the molecule is CCn1nc(C(=O)N[C@@H](CC(=O)O)c2ccccc2Cl)ccc1=O. The number of benzene rings is 1. The van der Waals surface area contributed by atoms with Gasteiger partial charge in [-0.15, -0.1) is 0 Å². The normalized spacial score (nSPS) is 11.8. The first-order chi connectivity index (χ1) is 11.4. The van der Waals surface area contributed by atoms with Gasteiger partial charge in [0, 0.05) is 17.6 Å².